The molecular formula is C18H17FN6O3S. The summed E-state index contributed by atoms with van der Waals surface area (Å²) in [5, 5.41) is 13.6. The van der Waals surface area contributed by atoms with Gasteiger partial charge in [-0.1, -0.05) is 12.1 Å². The molecule has 0 aliphatic heterocycles. The number of hydrogen-bond acceptors (Lipinski definition) is 6. The first kappa shape index (κ1) is 20.3. The summed E-state index contributed by atoms with van der Waals surface area (Å²) in [5.41, 5.74) is 1.07. The number of nitrogens with one attached hydrogen (secondary N) is 2. The molecule has 0 aliphatic rings. The fraction of sp³-hybridized carbons (Fsp3) is 0.111. The molecule has 150 valence electrons. The zero-order valence-corrected chi connectivity index (χ0v) is 16.3. The second kappa shape index (κ2) is 8.29. The van der Waals surface area contributed by atoms with E-state index in [-0.39, 0.29) is 10.6 Å². The lowest BCUT2D eigenvalue weighted by molar-refractivity contribution is -0.111. The van der Waals surface area contributed by atoms with E-state index in [0.29, 0.717) is 17.1 Å². The number of sulfonamides is 1. The predicted octanol–water partition coefficient (Wildman–Crippen LogP) is 1.67. The molecule has 1 heterocycles. The Hall–Kier alpha value is -3.44. The molecule has 0 unspecified atom stereocenters. The molecule has 0 bridgehead atoms. The molecule has 0 aliphatic carbocycles. The van der Waals surface area contributed by atoms with Crippen LogP contribution in [0.5, 0.6) is 0 Å². The minimum Gasteiger partial charge on any atom is -0.320 e. The molecule has 0 spiro atoms. The number of nitrogens with zero attached hydrogens (tertiary/aromatic N) is 4. The molecule has 0 saturated heterocycles. The highest BCUT2D eigenvalue weighted by atomic mass is 32.2. The molecule has 2 aromatic carbocycles. The Bertz CT molecular complexity index is 1170. The molecule has 0 radical (unpaired) electrons. The van der Waals surface area contributed by atoms with E-state index in [1.165, 1.54) is 54.2 Å². The number of rotatable bonds is 6. The van der Waals surface area contributed by atoms with Crippen LogP contribution in [0.2, 0.25) is 0 Å². The van der Waals surface area contributed by atoms with E-state index in [4.69, 9.17) is 0 Å². The molecular weight excluding hydrogens is 399 g/mol. The summed E-state index contributed by atoms with van der Waals surface area (Å²) in [6.07, 6.45) is 2.70. The van der Waals surface area contributed by atoms with Crippen LogP contribution >= 0.6 is 0 Å². The van der Waals surface area contributed by atoms with Gasteiger partial charge >= 0.3 is 0 Å². The van der Waals surface area contributed by atoms with E-state index in [0.717, 1.165) is 0 Å². The van der Waals surface area contributed by atoms with E-state index in [2.05, 4.69) is 25.6 Å². The first-order valence-corrected chi connectivity index (χ1v) is 9.86. The van der Waals surface area contributed by atoms with Crippen LogP contribution < -0.4 is 10.0 Å². The number of aromatic nitrogens is 4. The number of hydrogen-bond donors (Lipinski definition) is 2. The minimum atomic E-state index is -3.53. The van der Waals surface area contributed by atoms with Gasteiger partial charge in [-0.25, -0.2) is 17.5 Å². The molecule has 0 atom stereocenters. The second-order valence-electron chi connectivity index (χ2n) is 5.90. The van der Waals surface area contributed by atoms with Crippen molar-refractivity contribution in [2.75, 3.05) is 12.4 Å². The summed E-state index contributed by atoms with van der Waals surface area (Å²) >= 11 is 0. The summed E-state index contributed by atoms with van der Waals surface area (Å²) in [6, 6.07) is 10.1. The molecule has 2 N–H and O–H groups in total. The van der Waals surface area contributed by atoms with Crippen LogP contribution in [0, 0.1) is 12.7 Å². The van der Waals surface area contributed by atoms with E-state index in [9.17, 15) is 17.6 Å². The van der Waals surface area contributed by atoms with Crippen molar-refractivity contribution in [1.82, 2.24) is 24.9 Å². The van der Waals surface area contributed by atoms with Gasteiger partial charge in [0.2, 0.25) is 15.9 Å². The van der Waals surface area contributed by atoms with Gasteiger partial charge in [0.15, 0.2) is 5.82 Å². The Kier molecular flexibility index (Phi) is 5.80. The number of aryl methyl sites for hydroxylation is 1. The van der Waals surface area contributed by atoms with Gasteiger partial charge in [0, 0.05) is 6.08 Å². The minimum absolute atomic E-state index is 0.0255. The SMILES string of the molecule is CNS(=O)(=O)c1ccc(/C=C/C(=O)Nc2cc(-n3nnnc3C)ccc2F)cc1. The van der Waals surface area contributed by atoms with Crippen LogP contribution in [0.25, 0.3) is 11.8 Å². The maximum Gasteiger partial charge on any atom is 0.248 e. The third-order valence-corrected chi connectivity index (χ3v) is 5.39. The molecule has 9 nitrogen and oxygen atoms in total. The number of amides is 1. The molecule has 11 heteroatoms. The average molecular weight is 416 g/mol. The lowest BCUT2D eigenvalue weighted by Crippen LogP contribution is -2.18. The van der Waals surface area contributed by atoms with Crippen molar-refractivity contribution in [3.05, 3.63) is 65.7 Å². The fourth-order valence-corrected chi connectivity index (χ4v) is 3.16. The van der Waals surface area contributed by atoms with Crippen LogP contribution in [0.15, 0.2) is 53.4 Å². The van der Waals surface area contributed by atoms with Crippen molar-refractivity contribution in [3.63, 3.8) is 0 Å². The zero-order valence-electron chi connectivity index (χ0n) is 15.5. The van der Waals surface area contributed by atoms with Gasteiger partial charge in [-0.15, -0.1) is 5.10 Å². The predicted molar refractivity (Wildman–Crippen MR) is 104 cm³/mol. The highest BCUT2D eigenvalue weighted by Gasteiger charge is 2.11. The van der Waals surface area contributed by atoms with Crippen molar-refractivity contribution in [3.8, 4) is 5.69 Å². The van der Waals surface area contributed by atoms with Gasteiger partial charge in [-0.05, 0) is 66.4 Å². The van der Waals surface area contributed by atoms with Gasteiger partial charge in [-0.2, -0.15) is 4.68 Å². The molecule has 1 amide bonds. The van der Waals surface area contributed by atoms with Crippen molar-refractivity contribution in [2.45, 2.75) is 11.8 Å². The number of halogens is 1. The van der Waals surface area contributed by atoms with Crippen molar-refractivity contribution < 1.29 is 17.6 Å². The standard InChI is InChI=1S/C18H17FN6O3S/c1-12-22-23-24-25(12)14-6-9-16(19)17(11-14)21-18(26)10-5-13-3-7-15(8-4-13)29(27,28)20-2/h3-11,20H,1-2H3,(H,21,26)/b10-5+. The van der Waals surface area contributed by atoms with Crippen molar-refractivity contribution in [1.29, 1.82) is 0 Å². The number of tetrazole rings is 1. The Balaban J connectivity index is 1.73. The molecule has 1 aromatic heterocycles. The fourth-order valence-electron chi connectivity index (χ4n) is 2.43. The number of anilines is 1. The number of carbonyl (C=O) groups excluding carboxylic acids is 1. The van der Waals surface area contributed by atoms with Crippen molar-refractivity contribution >= 4 is 27.7 Å². The highest BCUT2D eigenvalue weighted by molar-refractivity contribution is 7.89. The van der Waals surface area contributed by atoms with E-state index in [1.807, 2.05) is 0 Å². The summed E-state index contributed by atoms with van der Waals surface area (Å²) in [7, 11) is -2.21. The average Bonchev–Trinajstić information content (AvgIpc) is 3.14. The molecule has 29 heavy (non-hydrogen) atoms. The maximum absolute atomic E-state index is 14.1. The highest BCUT2D eigenvalue weighted by Crippen LogP contribution is 2.19. The summed E-state index contributed by atoms with van der Waals surface area (Å²) < 4.78 is 41.1. The van der Waals surface area contributed by atoms with Gasteiger partial charge in [0.05, 0.1) is 16.3 Å². The second-order valence-corrected chi connectivity index (χ2v) is 7.79. The largest absolute Gasteiger partial charge is 0.320 e. The summed E-state index contributed by atoms with van der Waals surface area (Å²) in [5.74, 6) is -0.651. The van der Waals surface area contributed by atoms with Crippen LogP contribution in [0.4, 0.5) is 10.1 Å². The molecule has 3 aromatic rings. The maximum atomic E-state index is 14.1. The topological polar surface area (TPSA) is 119 Å². The first-order valence-electron chi connectivity index (χ1n) is 8.38. The monoisotopic (exact) mass is 416 g/mol. The summed E-state index contributed by atoms with van der Waals surface area (Å²) in [4.78, 5) is 12.3. The quantitative estimate of drug-likeness (QED) is 0.590. The third kappa shape index (κ3) is 4.70. The van der Waals surface area contributed by atoms with Crippen LogP contribution in [0.1, 0.15) is 11.4 Å². The zero-order chi connectivity index (χ0) is 21.0. The van der Waals surface area contributed by atoms with E-state index < -0.39 is 21.7 Å². The van der Waals surface area contributed by atoms with Gasteiger partial charge in [0.1, 0.15) is 5.82 Å². The normalized spacial score (nSPS) is 11.7. The number of carbonyl (C=O) groups is 1. The Morgan fingerprint density at radius 1 is 1.17 bits per heavy atom. The Morgan fingerprint density at radius 2 is 1.90 bits per heavy atom. The van der Waals surface area contributed by atoms with Gasteiger partial charge in [-0.3, -0.25) is 4.79 Å². The smallest absolute Gasteiger partial charge is 0.248 e. The lowest BCUT2D eigenvalue weighted by Gasteiger charge is -2.07. The lowest BCUT2D eigenvalue weighted by atomic mass is 10.2. The first-order chi connectivity index (χ1) is 13.8. The van der Waals surface area contributed by atoms with Crippen molar-refractivity contribution in [2.24, 2.45) is 0 Å². The summed E-state index contributed by atoms with van der Waals surface area (Å²) in [6.45, 7) is 1.69. The van der Waals surface area contributed by atoms with Crippen LogP contribution in [0.3, 0.4) is 0 Å². The van der Waals surface area contributed by atoms with Gasteiger partial charge < -0.3 is 5.32 Å². The van der Waals surface area contributed by atoms with Crippen LogP contribution in [-0.2, 0) is 14.8 Å². The van der Waals surface area contributed by atoms with E-state index >= 15 is 0 Å². The van der Waals surface area contributed by atoms with Gasteiger partial charge in [0.25, 0.3) is 0 Å². The van der Waals surface area contributed by atoms with E-state index in [1.54, 1.807) is 19.1 Å². The van der Waals surface area contributed by atoms with Crippen LogP contribution in [-0.4, -0.2) is 41.6 Å². The Labute approximate surface area is 166 Å². The molecule has 3 rings (SSSR count). The molecule has 0 saturated carbocycles. The molecule has 0 fully saturated rings. The Morgan fingerprint density at radius 3 is 2.52 bits per heavy atom. The number of benzene rings is 2. The third-order valence-electron chi connectivity index (χ3n) is 3.96.